The summed E-state index contributed by atoms with van der Waals surface area (Å²) < 4.78 is 51.6. The van der Waals surface area contributed by atoms with Crippen molar-refractivity contribution < 1.29 is 32.7 Å². The Balaban J connectivity index is 0.00000589. The molecule has 0 N–H and O–H groups in total. The van der Waals surface area contributed by atoms with Crippen molar-refractivity contribution in [3.63, 3.8) is 0 Å². The number of benzene rings is 9. The van der Waals surface area contributed by atoms with Gasteiger partial charge in [-0.05, 0) is 109 Å². The van der Waals surface area contributed by atoms with E-state index < -0.39 is 17.0 Å². The minimum absolute atomic E-state index is 0. The second-order valence-corrected chi connectivity index (χ2v) is 21.9. The molecule has 0 spiro atoms. The van der Waals surface area contributed by atoms with Gasteiger partial charge in [0, 0.05) is 72.4 Å². The monoisotopic (exact) mass is 1170 g/mol. The smallest absolute Gasteiger partial charge is 0.135 e. The first-order valence-corrected chi connectivity index (χ1v) is 25.8. The van der Waals surface area contributed by atoms with Crippen molar-refractivity contribution in [3.8, 4) is 28.4 Å². The Bertz CT molecular complexity index is 4340. The molecule has 18 rings (SSSR count). The van der Waals surface area contributed by atoms with E-state index in [0.29, 0.717) is 28.4 Å². The van der Waals surface area contributed by atoms with Crippen LogP contribution in [0.4, 0.5) is 17.1 Å². The number of hydrogen-bond donors (Lipinski definition) is 0. The van der Waals surface area contributed by atoms with Crippen LogP contribution in [0.2, 0.25) is 0 Å². The van der Waals surface area contributed by atoms with Crippen LogP contribution in [0, 0.1) is 18.8 Å². The third-order valence-corrected chi connectivity index (χ3v) is 17.2. The SMILES string of the molecule is [2H]c1c([2H])c([2H])c(-c2ccc3c(c2)c2ccc(Oc4[c-]c(N5[CH-]N(C67c8ccccc8C(c8ccccc86)C6(C)c8ccccc8C7(C)c7ccccc76)c6ccccc65)ccc4)[c-]c2n3-c2cc(C(C)(C)C)ccn2)c([2H])c1[2H].[Pt]. The van der Waals surface area contributed by atoms with E-state index >= 15 is 0 Å². The van der Waals surface area contributed by atoms with Gasteiger partial charge in [-0.2, -0.15) is 18.8 Å². The molecule has 0 amide bonds. The molecule has 0 saturated carbocycles. The summed E-state index contributed by atoms with van der Waals surface area (Å²) in [6.07, 6.45) is 1.83. The topological polar surface area (TPSA) is 33.5 Å². The molecule has 0 saturated heterocycles. The van der Waals surface area contributed by atoms with Crippen LogP contribution in [0.1, 0.15) is 97.5 Å². The number of fused-ring (bicyclic) bond motifs is 4. The molecule has 1 aliphatic heterocycles. The zero-order valence-electron chi connectivity index (χ0n) is 47.6. The van der Waals surface area contributed by atoms with E-state index in [1.807, 2.05) is 54.7 Å². The molecular formula is C70H53N4OPt-3. The molecule has 4 bridgehead atoms. The molecule has 0 unspecified atom stereocenters. The van der Waals surface area contributed by atoms with E-state index in [1.165, 1.54) is 44.5 Å². The van der Waals surface area contributed by atoms with Crippen LogP contribution < -0.4 is 14.5 Å². The summed E-state index contributed by atoms with van der Waals surface area (Å²) in [6, 6.07) is 70.9. The maximum atomic E-state index is 8.81. The summed E-state index contributed by atoms with van der Waals surface area (Å²) in [6.45, 7) is 13.8. The Morgan fingerprint density at radius 3 is 1.89 bits per heavy atom. The minimum Gasteiger partial charge on any atom is -0.509 e. The van der Waals surface area contributed by atoms with Gasteiger partial charge < -0.3 is 19.1 Å². The molecule has 2 aromatic heterocycles. The fourth-order valence-corrected chi connectivity index (χ4v) is 14.0. The van der Waals surface area contributed by atoms with E-state index in [1.54, 1.807) is 0 Å². The Labute approximate surface area is 466 Å². The normalized spacial score (nSPS) is 21.4. The van der Waals surface area contributed by atoms with Gasteiger partial charge in [-0.3, -0.25) is 0 Å². The standard InChI is InChI=1S/C70H53N4O.Pt/c1-67(2,3)47-38-39-71-65(41-47)74-61-37-34-46(45-20-7-6-8-21-45)40-54(61)51-36-35-50(43-64(51)74)75-49-23-19-22-48(42-49)72-44-73(63-33-18-17-32-62(63)72)70-55-26-11-9-24-52(55)66(53-25-10-12-27-56(53)70)68(4)57-28-13-15-30-59(57)69(70,5)60-31-16-14-29-58(60)68;/h6-41,44,66H,1-5H3;/q-3;/i6D,7D,8D,20D,21D;. The second kappa shape index (κ2) is 16.8. The van der Waals surface area contributed by atoms with Crippen LogP contribution >= 0.6 is 0 Å². The van der Waals surface area contributed by atoms with Crippen LogP contribution in [0.15, 0.2) is 218 Å². The van der Waals surface area contributed by atoms with Crippen molar-refractivity contribution in [2.45, 2.75) is 62.3 Å². The summed E-state index contributed by atoms with van der Waals surface area (Å²) in [7, 11) is 0. The first-order chi connectivity index (χ1) is 38.6. The average molecular weight is 1170 g/mol. The fourth-order valence-electron chi connectivity index (χ4n) is 14.0. The molecule has 6 aliphatic carbocycles. The molecule has 0 fully saturated rings. The van der Waals surface area contributed by atoms with Crippen molar-refractivity contribution in [3.05, 3.63) is 287 Å². The van der Waals surface area contributed by atoms with Crippen molar-refractivity contribution in [1.82, 2.24) is 9.55 Å². The number of aromatic nitrogens is 2. The third-order valence-electron chi connectivity index (χ3n) is 17.2. The molecule has 0 atom stereocenters. The first-order valence-electron chi connectivity index (χ1n) is 28.3. The molecule has 76 heavy (non-hydrogen) atoms. The van der Waals surface area contributed by atoms with Gasteiger partial charge in [-0.15, -0.1) is 41.4 Å². The zero-order valence-corrected chi connectivity index (χ0v) is 44.8. The van der Waals surface area contributed by atoms with Crippen molar-refractivity contribution in [1.29, 1.82) is 0 Å². The van der Waals surface area contributed by atoms with Gasteiger partial charge in [-0.25, -0.2) is 4.98 Å². The van der Waals surface area contributed by atoms with Gasteiger partial charge in [0.05, 0.1) is 12.4 Å². The van der Waals surface area contributed by atoms with Crippen LogP contribution in [0.5, 0.6) is 11.5 Å². The fraction of sp³-hybridized carbons (Fsp3) is 0.143. The molecule has 5 nitrogen and oxygen atoms in total. The predicted molar refractivity (Wildman–Crippen MR) is 304 cm³/mol. The number of hydrogen-bond acceptors (Lipinski definition) is 4. The number of ether oxygens (including phenoxy) is 1. The molecule has 6 heteroatoms. The van der Waals surface area contributed by atoms with E-state index in [-0.39, 0.29) is 67.5 Å². The number of pyridine rings is 1. The van der Waals surface area contributed by atoms with Crippen molar-refractivity contribution in [2.24, 2.45) is 0 Å². The van der Waals surface area contributed by atoms with Gasteiger partial charge in [0.2, 0.25) is 0 Å². The molecule has 7 aliphatic rings. The molecule has 372 valence electrons. The van der Waals surface area contributed by atoms with Crippen molar-refractivity contribution >= 4 is 38.9 Å². The first kappa shape index (κ1) is 41.3. The minimum atomic E-state index is -0.789. The second-order valence-electron chi connectivity index (χ2n) is 21.9. The van der Waals surface area contributed by atoms with E-state index in [4.69, 9.17) is 16.6 Å². The number of nitrogens with zero attached hydrogens (tertiary/aromatic N) is 4. The van der Waals surface area contributed by atoms with Gasteiger partial charge in [0.15, 0.2) is 0 Å². The van der Waals surface area contributed by atoms with Gasteiger partial charge >= 0.3 is 0 Å². The van der Waals surface area contributed by atoms with Gasteiger partial charge in [-0.1, -0.05) is 185 Å². The largest absolute Gasteiger partial charge is 0.509 e. The molecule has 0 radical (unpaired) electrons. The molecule has 11 aromatic rings. The van der Waals surface area contributed by atoms with E-state index in [9.17, 15) is 0 Å². The Hall–Kier alpha value is -7.98. The summed E-state index contributed by atoms with van der Waals surface area (Å²) in [5.41, 5.74) is 14.9. The van der Waals surface area contributed by atoms with Gasteiger partial charge in [0.1, 0.15) is 5.82 Å². The maximum Gasteiger partial charge on any atom is 0.135 e. The molecular weight excluding hydrogens is 1110 g/mol. The summed E-state index contributed by atoms with van der Waals surface area (Å²) in [4.78, 5) is 9.74. The van der Waals surface area contributed by atoms with Crippen LogP contribution in [-0.2, 0) is 42.8 Å². The molecule has 3 heterocycles. The third kappa shape index (κ3) is 6.21. The van der Waals surface area contributed by atoms with Crippen molar-refractivity contribution in [2.75, 3.05) is 9.80 Å². The maximum absolute atomic E-state index is 8.81. The number of para-hydroxylation sites is 2. The van der Waals surface area contributed by atoms with E-state index in [2.05, 4.69) is 201 Å². The Morgan fingerprint density at radius 1 is 0.592 bits per heavy atom. The van der Waals surface area contributed by atoms with Gasteiger partial charge in [0.25, 0.3) is 0 Å². The summed E-state index contributed by atoms with van der Waals surface area (Å²) in [5, 5.41) is 1.64. The molecule has 9 aromatic carbocycles. The predicted octanol–water partition coefficient (Wildman–Crippen LogP) is 16.6. The summed E-state index contributed by atoms with van der Waals surface area (Å²) >= 11 is 0. The average Bonchev–Trinajstić information content (AvgIpc) is 1.30. The van der Waals surface area contributed by atoms with Crippen LogP contribution in [0.25, 0.3) is 38.8 Å². The number of rotatable bonds is 6. The Kier molecular flexibility index (Phi) is 9.10. The zero-order chi connectivity index (χ0) is 54.8. The number of anilines is 3. The van der Waals surface area contributed by atoms with E-state index in [0.717, 1.165) is 38.9 Å². The van der Waals surface area contributed by atoms with Crippen LogP contribution in [-0.4, -0.2) is 9.55 Å². The quantitative estimate of drug-likeness (QED) is 0.155. The summed E-state index contributed by atoms with van der Waals surface area (Å²) in [5.74, 6) is 1.70. The Morgan fingerprint density at radius 2 is 1.21 bits per heavy atom. The van der Waals surface area contributed by atoms with Crippen LogP contribution in [0.3, 0.4) is 0 Å².